The molecule has 0 saturated heterocycles. The first-order valence-electron chi connectivity index (χ1n) is 9.14. The highest BCUT2D eigenvalue weighted by molar-refractivity contribution is 7.89. The number of sulfonamides is 1. The Labute approximate surface area is 164 Å². The van der Waals surface area contributed by atoms with Crippen molar-refractivity contribution in [1.82, 2.24) is 4.72 Å². The first-order valence-corrected chi connectivity index (χ1v) is 10.6. The quantitative estimate of drug-likeness (QED) is 0.659. The number of hydrogen-bond acceptors (Lipinski definition) is 4. The van der Waals surface area contributed by atoms with Gasteiger partial charge in [-0.05, 0) is 48.7 Å². The van der Waals surface area contributed by atoms with Crippen LogP contribution >= 0.6 is 0 Å². The molecule has 1 saturated carbocycles. The molecule has 0 bridgehead atoms. The summed E-state index contributed by atoms with van der Waals surface area (Å²) in [4.78, 5) is 23.5. The normalized spacial score (nSPS) is 14.7. The first kappa shape index (κ1) is 20.0. The molecule has 7 nitrogen and oxygen atoms in total. The fourth-order valence-corrected chi connectivity index (χ4v) is 4.60. The van der Waals surface area contributed by atoms with Crippen LogP contribution in [0.1, 0.15) is 41.6 Å². The first-order chi connectivity index (χ1) is 13.3. The zero-order valence-corrected chi connectivity index (χ0v) is 16.2. The van der Waals surface area contributed by atoms with E-state index < -0.39 is 21.8 Å². The molecule has 0 atom stereocenters. The van der Waals surface area contributed by atoms with Gasteiger partial charge in [0.1, 0.15) is 0 Å². The van der Waals surface area contributed by atoms with Gasteiger partial charge in [-0.2, -0.15) is 0 Å². The molecule has 1 aliphatic rings. The number of anilines is 1. The molecule has 0 heterocycles. The molecule has 1 fully saturated rings. The molecular weight excluding hydrogens is 378 g/mol. The minimum absolute atomic E-state index is 0.0404. The second-order valence-corrected chi connectivity index (χ2v) is 8.64. The number of amides is 2. The minimum Gasteiger partial charge on any atom is -0.369 e. The van der Waals surface area contributed by atoms with Crippen LogP contribution in [0.4, 0.5) is 5.69 Å². The van der Waals surface area contributed by atoms with Gasteiger partial charge in [-0.25, -0.2) is 13.1 Å². The van der Waals surface area contributed by atoms with Gasteiger partial charge in [0, 0.05) is 17.3 Å². The summed E-state index contributed by atoms with van der Waals surface area (Å²) in [7, 11) is -3.66. The standard InChI is InChI=1S/C20H23N3O4S/c21-19(24)12-14-8-10-16(11-9-14)22-20(25)15-4-3-7-18(13-15)28(26,27)23-17-5-1-2-6-17/h3-4,7-11,13,17,23H,1-2,5-6,12H2,(H2,21,24)(H,22,25). The maximum absolute atomic E-state index is 12.6. The number of carbonyl (C=O) groups excluding carboxylic acids is 2. The molecule has 3 rings (SSSR count). The van der Waals surface area contributed by atoms with Crippen molar-refractivity contribution in [2.45, 2.75) is 43.0 Å². The van der Waals surface area contributed by atoms with Crippen molar-refractivity contribution in [2.24, 2.45) is 5.73 Å². The maximum Gasteiger partial charge on any atom is 0.255 e. The van der Waals surface area contributed by atoms with E-state index >= 15 is 0 Å². The van der Waals surface area contributed by atoms with E-state index in [-0.39, 0.29) is 22.9 Å². The van der Waals surface area contributed by atoms with Crippen molar-refractivity contribution >= 4 is 27.5 Å². The molecule has 28 heavy (non-hydrogen) atoms. The number of nitrogens with one attached hydrogen (secondary N) is 2. The van der Waals surface area contributed by atoms with Gasteiger partial charge in [-0.1, -0.05) is 31.0 Å². The second kappa shape index (κ2) is 8.53. The van der Waals surface area contributed by atoms with Crippen molar-refractivity contribution in [1.29, 1.82) is 0 Å². The van der Waals surface area contributed by atoms with E-state index in [0.717, 1.165) is 31.2 Å². The Bertz CT molecular complexity index is 965. The summed E-state index contributed by atoms with van der Waals surface area (Å²) >= 11 is 0. The summed E-state index contributed by atoms with van der Waals surface area (Å²) in [5.74, 6) is -0.846. The van der Waals surface area contributed by atoms with Gasteiger partial charge in [0.25, 0.3) is 5.91 Å². The maximum atomic E-state index is 12.6. The lowest BCUT2D eigenvalue weighted by Gasteiger charge is -2.13. The number of benzene rings is 2. The van der Waals surface area contributed by atoms with Gasteiger partial charge in [0.2, 0.25) is 15.9 Å². The van der Waals surface area contributed by atoms with Crippen LogP contribution < -0.4 is 15.8 Å². The van der Waals surface area contributed by atoms with Crippen molar-refractivity contribution in [3.8, 4) is 0 Å². The number of hydrogen-bond donors (Lipinski definition) is 3. The molecule has 0 spiro atoms. The van der Waals surface area contributed by atoms with Gasteiger partial charge in [-0.15, -0.1) is 0 Å². The van der Waals surface area contributed by atoms with Gasteiger partial charge < -0.3 is 11.1 Å². The summed E-state index contributed by atoms with van der Waals surface area (Å²) in [6.07, 6.45) is 3.85. The van der Waals surface area contributed by atoms with E-state index in [2.05, 4.69) is 10.0 Å². The third-order valence-electron chi connectivity index (χ3n) is 4.67. The van der Waals surface area contributed by atoms with Crippen molar-refractivity contribution < 1.29 is 18.0 Å². The predicted molar refractivity (Wildman–Crippen MR) is 106 cm³/mol. The number of rotatable bonds is 7. The summed E-state index contributed by atoms with van der Waals surface area (Å²) in [6, 6.07) is 12.7. The Morgan fingerprint density at radius 3 is 2.36 bits per heavy atom. The molecule has 148 valence electrons. The van der Waals surface area contributed by atoms with Gasteiger partial charge in [-0.3, -0.25) is 9.59 Å². The van der Waals surface area contributed by atoms with Crippen LogP contribution in [-0.4, -0.2) is 26.3 Å². The van der Waals surface area contributed by atoms with E-state index in [1.807, 2.05) is 0 Å². The molecule has 0 aliphatic heterocycles. The molecule has 1 aliphatic carbocycles. The van der Waals surface area contributed by atoms with Crippen LogP contribution in [0.15, 0.2) is 53.4 Å². The average molecular weight is 401 g/mol. The Morgan fingerprint density at radius 1 is 1.04 bits per heavy atom. The Morgan fingerprint density at radius 2 is 1.71 bits per heavy atom. The van der Waals surface area contributed by atoms with Crippen LogP contribution in [0.5, 0.6) is 0 Å². The highest BCUT2D eigenvalue weighted by Gasteiger charge is 2.23. The highest BCUT2D eigenvalue weighted by atomic mass is 32.2. The third-order valence-corrected chi connectivity index (χ3v) is 6.19. The Hall–Kier alpha value is -2.71. The molecule has 0 aromatic heterocycles. The van der Waals surface area contributed by atoms with Crippen LogP contribution in [0.3, 0.4) is 0 Å². The Balaban J connectivity index is 1.70. The molecule has 2 aromatic rings. The van der Waals surface area contributed by atoms with E-state index in [4.69, 9.17) is 5.73 Å². The Kier molecular flexibility index (Phi) is 6.11. The minimum atomic E-state index is -3.66. The fraction of sp³-hybridized carbons (Fsp3) is 0.300. The largest absolute Gasteiger partial charge is 0.369 e. The van der Waals surface area contributed by atoms with E-state index in [1.54, 1.807) is 36.4 Å². The SMILES string of the molecule is NC(=O)Cc1ccc(NC(=O)c2cccc(S(=O)(=O)NC3CCCC3)c2)cc1. The van der Waals surface area contributed by atoms with Crippen LogP contribution in [0.2, 0.25) is 0 Å². The molecule has 8 heteroatoms. The molecule has 0 radical (unpaired) electrons. The molecule has 0 unspecified atom stereocenters. The zero-order valence-electron chi connectivity index (χ0n) is 15.4. The third kappa shape index (κ3) is 5.17. The van der Waals surface area contributed by atoms with Crippen molar-refractivity contribution in [3.05, 3.63) is 59.7 Å². The van der Waals surface area contributed by atoms with Crippen LogP contribution in [0.25, 0.3) is 0 Å². The smallest absolute Gasteiger partial charge is 0.255 e. The van der Waals surface area contributed by atoms with Gasteiger partial charge >= 0.3 is 0 Å². The number of carbonyl (C=O) groups is 2. The summed E-state index contributed by atoms with van der Waals surface area (Å²) in [5.41, 5.74) is 6.69. The van der Waals surface area contributed by atoms with Crippen molar-refractivity contribution in [3.63, 3.8) is 0 Å². The molecule has 2 amide bonds. The lowest BCUT2D eigenvalue weighted by Crippen LogP contribution is -2.32. The lowest BCUT2D eigenvalue weighted by atomic mass is 10.1. The zero-order chi connectivity index (χ0) is 20.1. The predicted octanol–water partition coefficient (Wildman–Crippen LogP) is 2.19. The molecule has 4 N–H and O–H groups in total. The van der Waals surface area contributed by atoms with Crippen LogP contribution in [-0.2, 0) is 21.2 Å². The van der Waals surface area contributed by atoms with E-state index in [0.29, 0.717) is 5.69 Å². The van der Waals surface area contributed by atoms with Crippen molar-refractivity contribution in [2.75, 3.05) is 5.32 Å². The average Bonchev–Trinajstić information content (AvgIpc) is 3.15. The number of nitrogens with two attached hydrogens (primary N) is 1. The molecular formula is C20H23N3O4S. The van der Waals surface area contributed by atoms with E-state index in [1.165, 1.54) is 12.1 Å². The van der Waals surface area contributed by atoms with Gasteiger partial charge in [0.15, 0.2) is 0 Å². The monoisotopic (exact) mass is 401 g/mol. The molecule has 2 aromatic carbocycles. The lowest BCUT2D eigenvalue weighted by molar-refractivity contribution is -0.117. The van der Waals surface area contributed by atoms with E-state index in [9.17, 15) is 18.0 Å². The fourth-order valence-electron chi connectivity index (χ4n) is 3.25. The summed E-state index contributed by atoms with van der Waals surface area (Å²) < 4.78 is 27.8. The number of primary amides is 1. The topological polar surface area (TPSA) is 118 Å². The second-order valence-electron chi connectivity index (χ2n) is 6.92. The highest BCUT2D eigenvalue weighted by Crippen LogP contribution is 2.21. The van der Waals surface area contributed by atoms with Crippen LogP contribution in [0, 0.1) is 0 Å². The van der Waals surface area contributed by atoms with Gasteiger partial charge in [0.05, 0.1) is 11.3 Å². The summed E-state index contributed by atoms with van der Waals surface area (Å²) in [5, 5.41) is 2.72. The summed E-state index contributed by atoms with van der Waals surface area (Å²) in [6.45, 7) is 0.